The third-order valence-electron chi connectivity index (χ3n) is 6.14. The molecule has 2 heterocycles. The first kappa shape index (κ1) is 15.5. The van der Waals surface area contributed by atoms with Crippen molar-refractivity contribution in [2.75, 3.05) is 31.5 Å². The monoisotopic (exact) mass is 330 g/mol. The molecule has 1 saturated heterocycles. The summed E-state index contributed by atoms with van der Waals surface area (Å²) in [6.07, 6.45) is 9.91. The van der Waals surface area contributed by atoms with Crippen LogP contribution < -0.4 is 5.32 Å². The van der Waals surface area contributed by atoms with E-state index < -0.39 is 0 Å². The number of hydrogen-bond acceptors (Lipinski definition) is 2. The highest BCUT2D eigenvalue weighted by Crippen LogP contribution is 2.45. The smallest absolute Gasteiger partial charge is 0.0410 e. The van der Waals surface area contributed by atoms with Gasteiger partial charge in [0.1, 0.15) is 0 Å². The fourth-order valence-corrected chi connectivity index (χ4v) is 4.97. The van der Waals surface area contributed by atoms with Gasteiger partial charge in [-0.15, -0.1) is 0 Å². The fraction of sp³-hybridized carbons (Fsp3) is 0.600. The van der Waals surface area contributed by atoms with Gasteiger partial charge < -0.3 is 10.2 Å². The van der Waals surface area contributed by atoms with Gasteiger partial charge in [0.2, 0.25) is 0 Å². The molecule has 3 heteroatoms. The van der Waals surface area contributed by atoms with E-state index in [4.69, 9.17) is 11.6 Å². The topological polar surface area (TPSA) is 15.3 Å². The van der Waals surface area contributed by atoms with E-state index in [1.54, 1.807) is 0 Å². The van der Waals surface area contributed by atoms with Crippen molar-refractivity contribution in [3.8, 4) is 0 Å². The number of hydrogen-bond donors (Lipinski definition) is 1. The maximum absolute atomic E-state index is 6.25. The Morgan fingerprint density at radius 3 is 2.91 bits per heavy atom. The Bertz CT molecular complexity index is 602. The number of rotatable bonds is 2. The molecule has 1 N–H and O–H groups in total. The summed E-state index contributed by atoms with van der Waals surface area (Å²) in [6.45, 7) is 7.16. The Morgan fingerprint density at radius 2 is 2.13 bits per heavy atom. The molecule has 124 valence electrons. The Labute approximate surface area is 144 Å². The number of anilines is 1. The second-order valence-electron chi connectivity index (χ2n) is 7.87. The maximum Gasteiger partial charge on any atom is 0.0410 e. The number of allylic oxidation sites excluding steroid dienone is 2. The summed E-state index contributed by atoms with van der Waals surface area (Å²) < 4.78 is 0. The Hall–Kier alpha value is -0.990. The standard InChI is InChI=1S/C20H27ClN2/c1-15-3-2-4-16(11-15)13-23-9-7-20(8-10-23)14-22-19-6-5-17(21)12-18(19)20/h2-3,5-6,12,15-16,22H,4,7-11,13-14H2,1H3. The first-order valence-electron chi connectivity index (χ1n) is 9.08. The number of halogens is 1. The van der Waals surface area contributed by atoms with Crippen LogP contribution in [0.5, 0.6) is 0 Å². The molecule has 4 rings (SSSR count). The van der Waals surface area contributed by atoms with Gasteiger partial charge in [0.15, 0.2) is 0 Å². The van der Waals surface area contributed by atoms with Crippen LogP contribution in [0.2, 0.25) is 5.02 Å². The van der Waals surface area contributed by atoms with Crippen LogP contribution in [0.25, 0.3) is 0 Å². The van der Waals surface area contributed by atoms with Crippen molar-refractivity contribution in [2.45, 2.75) is 38.0 Å². The highest BCUT2D eigenvalue weighted by Gasteiger charge is 2.41. The number of benzene rings is 1. The van der Waals surface area contributed by atoms with Gasteiger partial charge in [0, 0.05) is 29.2 Å². The summed E-state index contributed by atoms with van der Waals surface area (Å²) in [4.78, 5) is 2.70. The second-order valence-corrected chi connectivity index (χ2v) is 8.30. The molecule has 0 saturated carbocycles. The van der Waals surface area contributed by atoms with E-state index in [1.807, 2.05) is 6.07 Å². The van der Waals surface area contributed by atoms with Crippen LogP contribution in [-0.2, 0) is 5.41 Å². The van der Waals surface area contributed by atoms with Crippen molar-refractivity contribution in [1.82, 2.24) is 4.90 Å². The van der Waals surface area contributed by atoms with E-state index in [0.29, 0.717) is 5.41 Å². The highest BCUT2D eigenvalue weighted by molar-refractivity contribution is 6.30. The predicted molar refractivity (Wildman–Crippen MR) is 98.3 cm³/mol. The van der Waals surface area contributed by atoms with Crippen molar-refractivity contribution in [2.24, 2.45) is 11.8 Å². The lowest BCUT2D eigenvalue weighted by molar-refractivity contribution is 0.141. The summed E-state index contributed by atoms with van der Waals surface area (Å²) >= 11 is 6.25. The third kappa shape index (κ3) is 3.04. The summed E-state index contributed by atoms with van der Waals surface area (Å²) in [5.41, 5.74) is 3.07. The van der Waals surface area contributed by atoms with Crippen LogP contribution in [0, 0.1) is 11.8 Å². The minimum Gasteiger partial charge on any atom is -0.384 e. The summed E-state index contributed by atoms with van der Waals surface area (Å²) in [5, 5.41) is 4.48. The van der Waals surface area contributed by atoms with Crippen molar-refractivity contribution in [1.29, 1.82) is 0 Å². The molecule has 23 heavy (non-hydrogen) atoms. The molecule has 1 aliphatic carbocycles. The van der Waals surface area contributed by atoms with Gasteiger partial charge in [-0.2, -0.15) is 0 Å². The third-order valence-corrected chi connectivity index (χ3v) is 6.37. The van der Waals surface area contributed by atoms with Gasteiger partial charge in [-0.05, 0) is 74.4 Å². The molecule has 1 fully saturated rings. The zero-order valence-corrected chi connectivity index (χ0v) is 14.8. The zero-order valence-electron chi connectivity index (χ0n) is 14.0. The van der Waals surface area contributed by atoms with Gasteiger partial charge >= 0.3 is 0 Å². The van der Waals surface area contributed by atoms with Crippen molar-refractivity contribution < 1.29 is 0 Å². The molecule has 1 aromatic carbocycles. The van der Waals surface area contributed by atoms with E-state index in [9.17, 15) is 0 Å². The SMILES string of the molecule is CC1C=CCC(CN2CCC3(CC2)CNc2ccc(Cl)cc23)C1. The molecule has 0 aromatic heterocycles. The van der Waals surface area contributed by atoms with Crippen LogP contribution in [-0.4, -0.2) is 31.1 Å². The summed E-state index contributed by atoms with van der Waals surface area (Å²) in [7, 11) is 0. The first-order chi connectivity index (χ1) is 11.1. The molecule has 0 amide bonds. The van der Waals surface area contributed by atoms with E-state index >= 15 is 0 Å². The van der Waals surface area contributed by atoms with Crippen molar-refractivity contribution in [3.05, 3.63) is 40.9 Å². The first-order valence-corrected chi connectivity index (χ1v) is 9.45. The molecule has 1 spiro atoms. The average Bonchev–Trinajstić information content (AvgIpc) is 2.88. The molecular formula is C20H27ClN2. The summed E-state index contributed by atoms with van der Waals surface area (Å²) in [6, 6.07) is 6.34. The average molecular weight is 331 g/mol. The van der Waals surface area contributed by atoms with E-state index in [-0.39, 0.29) is 0 Å². The number of nitrogens with one attached hydrogen (secondary N) is 1. The molecular weight excluding hydrogens is 304 g/mol. The van der Waals surface area contributed by atoms with Crippen LogP contribution in [0.4, 0.5) is 5.69 Å². The van der Waals surface area contributed by atoms with Gasteiger partial charge in [0.25, 0.3) is 0 Å². The predicted octanol–water partition coefficient (Wildman–Crippen LogP) is 4.70. The quantitative estimate of drug-likeness (QED) is 0.790. The fourth-order valence-electron chi connectivity index (χ4n) is 4.80. The Balaban J connectivity index is 1.40. The zero-order chi connectivity index (χ0) is 15.9. The van der Waals surface area contributed by atoms with Crippen molar-refractivity contribution >= 4 is 17.3 Å². The van der Waals surface area contributed by atoms with Crippen LogP contribution >= 0.6 is 11.6 Å². The van der Waals surface area contributed by atoms with Crippen LogP contribution in [0.15, 0.2) is 30.4 Å². The minimum atomic E-state index is 0.316. The largest absolute Gasteiger partial charge is 0.384 e. The molecule has 2 unspecified atom stereocenters. The van der Waals surface area contributed by atoms with Gasteiger partial charge in [-0.1, -0.05) is 30.7 Å². The molecule has 2 atom stereocenters. The van der Waals surface area contributed by atoms with Crippen molar-refractivity contribution in [3.63, 3.8) is 0 Å². The lowest BCUT2D eigenvalue weighted by atomic mass is 9.74. The van der Waals surface area contributed by atoms with Gasteiger partial charge in [0.05, 0.1) is 0 Å². The molecule has 2 aliphatic heterocycles. The molecule has 3 aliphatic rings. The minimum absolute atomic E-state index is 0.316. The van der Waals surface area contributed by atoms with Gasteiger partial charge in [-0.3, -0.25) is 0 Å². The lowest BCUT2D eigenvalue weighted by Gasteiger charge is -2.41. The van der Waals surface area contributed by atoms with E-state index in [0.717, 1.165) is 23.4 Å². The Morgan fingerprint density at radius 1 is 1.30 bits per heavy atom. The maximum atomic E-state index is 6.25. The molecule has 1 aromatic rings. The molecule has 0 radical (unpaired) electrons. The normalized spacial score (nSPS) is 29.5. The molecule has 0 bridgehead atoms. The Kier molecular flexibility index (Phi) is 4.15. The van der Waals surface area contributed by atoms with Crippen LogP contribution in [0.3, 0.4) is 0 Å². The number of nitrogens with zero attached hydrogens (tertiary/aromatic N) is 1. The highest BCUT2D eigenvalue weighted by atomic mass is 35.5. The molecule has 2 nitrogen and oxygen atoms in total. The summed E-state index contributed by atoms with van der Waals surface area (Å²) in [5.74, 6) is 1.62. The number of fused-ring (bicyclic) bond motifs is 2. The number of piperidine rings is 1. The van der Waals surface area contributed by atoms with Gasteiger partial charge in [-0.25, -0.2) is 0 Å². The number of likely N-dealkylation sites (tertiary alicyclic amines) is 1. The van der Waals surface area contributed by atoms with E-state index in [2.05, 4.69) is 41.4 Å². The second kappa shape index (κ2) is 6.14. The lowest BCUT2D eigenvalue weighted by Crippen LogP contribution is -2.45. The van der Waals surface area contributed by atoms with E-state index in [1.165, 1.54) is 56.6 Å². The van der Waals surface area contributed by atoms with Crippen LogP contribution in [0.1, 0.15) is 38.2 Å².